The number of benzene rings is 2. The number of nitrogens with one attached hydrogen (secondary N) is 2. The summed E-state index contributed by atoms with van der Waals surface area (Å²) < 4.78 is 10.4. The molecule has 0 fully saturated rings. The average molecular weight is 495 g/mol. The number of methoxy groups -OCH3 is 2. The molecule has 1 heterocycles. The third-order valence-corrected chi connectivity index (χ3v) is 7.60. The molecule has 2 aromatic carbocycles. The summed E-state index contributed by atoms with van der Waals surface area (Å²) in [6, 6.07) is 12.9. The molecular weight excluding hydrogens is 464 g/mol. The van der Waals surface area contributed by atoms with Crippen molar-refractivity contribution in [2.45, 2.75) is 38.1 Å². The highest BCUT2D eigenvalue weighted by Crippen LogP contribution is 2.41. The van der Waals surface area contributed by atoms with Crippen molar-refractivity contribution in [3.63, 3.8) is 0 Å². The number of aromatic amines is 1. The molecule has 8 heteroatoms. The van der Waals surface area contributed by atoms with Crippen molar-refractivity contribution in [3.05, 3.63) is 65.4 Å². The third kappa shape index (κ3) is 5.53. The molecule has 35 heavy (non-hydrogen) atoms. The van der Waals surface area contributed by atoms with E-state index < -0.39 is 17.9 Å². The minimum atomic E-state index is -0.840. The number of esters is 1. The van der Waals surface area contributed by atoms with Crippen LogP contribution in [0.3, 0.4) is 0 Å². The van der Waals surface area contributed by atoms with Crippen LogP contribution in [0.2, 0.25) is 0 Å². The molecule has 0 radical (unpaired) electrons. The highest BCUT2D eigenvalue weighted by molar-refractivity contribution is 8.13. The maximum atomic E-state index is 13.6. The molecule has 0 aliphatic heterocycles. The molecular formula is C27H30N2O5S. The van der Waals surface area contributed by atoms with Gasteiger partial charge in [0.15, 0.2) is 5.12 Å². The molecule has 1 amide bonds. The number of thioether (sulfide) groups is 1. The number of amides is 1. The van der Waals surface area contributed by atoms with Gasteiger partial charge in [-0.05, 0) is 53.6 Å². The number of aryl methyl sites for hydroxylation is 1. The number of carbonyl (C=O) groups is 3. The molecule has 3 atom stereocenters. The summed E-state index contributed by atoms with van der Waals surface area (Å²) >= 11 is 1.14. The van der Waals surface area contributed by atoms with Crippen LogP contribution in [0.25, 0.3) is 10.9 Å². The van der Waals surface area contributed by atoms with E-state index in [1.54, 1.807) is 7.11 Å². The molecule has 0 saturated carbocycles. The Hall–Kier alpha value is -3.26. The summed E-state index contributed by atoms with van der Waals surface area (Å²) in [6.45, 7) is 1.50. The first-order valence-electron chi connectivity index (χ1n) is 11.6. The van der Waals surface area contributed by atoms with Gasteiger partial charge >= 0.3 is 5.97 Å². The minimum Gasteiger partial charge on any atom is -0.497 e. The molecule has 3 unspecified atom stereocenters. The molecule has 0 spiro atoms. The van der Waals surface area contributed by atoms with Gasteiger partial charge in [-0.25, -0.2) is 4.79 Å². The summed E-state index contributed by atoms with van der Waals surface area (Å²) in [6.07, 6.45) is 3.79. The zero-order valence-corrected chi connectivity index (χ0v) is 20.9. The molecule has 184 valence electrons. The number of H-pyrrole nitrogens is 1. The number of aromatic nitrogens is 1. The van der Waals surface area contributed by atoms with Crippen LogP contribution < -0.4 is 10.1 Å². The average Bonchev–Trinajstić information content (AvgIpc) is 3.47. The van der Waals surface area contributed by atoms with Gasteiger partial charge in [0.25, 0.3) is 0 Å². The van der Waals surface area contributed by atoms with Crippen molar-refractivity contribution < 1.29 is 23.9 Å². The van der Waals surface area contributed by atoms with Crippen LogP contribution in [0.15, 0.2) is 48.7 Å². The minimum absolute atomic E-state index is 0.0425. The zero-order valence-electron chi connectivity index (χ0n) is 20.1. The van der Waals surface area contributed by atoms with Gasteiger partial charge in [-0.2, -0.15) is 0 Å². The molecule has 4 rings (SSSR count). The van der Waals surface area contributed by atoms with Crippen molar-refractivity contribution in [2.24, 2.45) is 5.92 Å². The number of hydrogen-bond acceptors (Lipinski definition) is 6. The Morgan fingerprint density at radius 3 is 2.71 bits per heavy atom. The summed E-state index contributed by atoms with van der Waals surface area (Å²) in [5, 5.41) is 3.90. The second kappa shape index (κ2) is 11.0. The Morgan fingerprint density at radius 2 is 1.97 bits per heavy atom. The van der Waals surface area contributed by atoms with Crippen LogP contribution in [-0.2, 0) is 32.0 Å². The number of carbonyl (C=O) groups excluding carboxylic acids is 3. The molecule has 1 aliphatic carbocycles. The van der Waals surface area contributed by atoms with Gasteiger partial charge in [0.05, 0.1) is 20.1 Å². The summed E-state index contributed by atoms with van der Waals surface area (Å²) in [5.74, 6) is -0.130. The lowest BCUT2D eigenvalue weighted by Gasteiger charge is -2.26. The Labute approximate surface area is 209 Å². The lowest BCUT2D eigenvalue weighted by atomic mass is 9.87. The molecule has 1 aliphatic rings. The third-order valence-electron chi connectivity index (χ3n) is 6.66. The van der Waals surface area contributed by atoms with E-state index in [9.17, 15) is 14.4 Å². The van der Waals surface area contributed by atoms with Gasteiger partial charge in [0.1, 0.15) is 11.8 Å². The summed E-state index contributed by atoms with van der Waals surface area (Å²) in [5.41, 5.74) is 4.14. The van der Waals surface area contributed by atoms with Gasteiger partial charge in [-0.3, -0.25) is 9.59 Å². The highest BCUT2D eigenvalue weighted by atomic mass is 32.2. The van der Waals surface area contributed by atoms with E-state index in [0.29, 0.717) is 12.2 Å². The smallest absolute Gasteiger partial charge is 0.328 e. The standard InChI is InChI=1S/C27H30N2O5S/c1-16(30)35-15-23(22-10-8-17-12-19(33-2)9-11-20(17)22)26(31)29-25(27(32)34-3)13-18-14-28-24-7-5-4-6-21(18)24/h4-7,9,11-12,14,22-23,25,28H,8,10,13,15H2,1-3H3,(H,29,31). The van der Waals surface area contributed by atoms with Gasteiger partial charge < -0.3 is 19.8 Å². The molecule has 0 saturated heterocycles. The summed E-state index contributed by atoms with van der Waals surface area (Å²) in [4.78, 5) is 41.3. The van der Waals surface area contributed by atoms with E-state index in [2.05, 4.69) is 10.3 Å². The topological polar surface area (TPSA) is 97.5 Å². The Bertz CT molecular complexity index is 1240. The van der Waals surface area contributed by atoms with Gasteiger partial charge in [-0.15, -0.1) is 0 Å². The Balaban J connectivity index is 1.58. The SMILES string of the molecule is COC(=O)C(Cc1c[nH]c2ccccc12)NC(=O)C(CSC(C)=O)C1CCc2cc(OC)ccc21. The summed E-state index contributed by atoms with van der Waals surface area (Å²) in [7, 11) is 2.95. The van der Waals surface area contributed by atoms with Crippen molar-refractivity contribution in [2.75, 3.05) is 20.0 Å². The van der Waals surface area contributed by atoms with Gasteiger partial charge in [0.2, 0.25) is 5.91 Å². The second-order valence-corrected chi connectivity index (χ2v) is 9.96. The normalized spacial score (nSPS) is 16.4. The van der Waals surface area contributed by atoms with Crippen LogP contribution >= 0.6 is 11.8 Å². The highest BCUT2D eigenvalue weighted by Gasteiger charge is 2.36. The van der Waals surface area contributed by atoms with Crippen molar-refractivity contribution in [3.8, 4) is 5.75 Å². The fraction of sp³-hybridized carbons (Fsp3) is 0.370. The van der Waals surface area contributed by atoms with Crippen molar-refractivity contribution >= 4 is 39.7 Å². The lowest BCUT2D eigenvalue weighted by Crippen LogP contribution is -2.47. The van der Waals surface area contributed by atoms with Crippen LogP contribution in [0.1, 0.15) is 36.0 Å². The monoisotopic (exact) mass is 494 g/mol. The first-order chi connectivity index (χ1) is 16.9. The fourth-order valence-electron chi connectivity index (χ4n) is 4.89. The molecule has 7 nitrogen and oxygen atoms in total. The second-order valence-electron chi connectivity index (χ2n) is 8.77. The van der Waals surface area contributed by atoms with Gasteiger partial charge in [0, 0.05) is 36.2 Å². The molecule has 2 N–H and O–H groups in total. The molecule has 1 aromatic heterocycles. The largest absolute Gasteiger partial charge is 0.497 e. The van der Waals surface area contributed by atoms with Crippen LogP contribution in [-0.4, -0.2) is 48.0 Å². The van der Waals surface area contributed by atoms with Crippen LogP contribution in [0, 0.1) is 5.92 Å². The Morgan fingerprint density at radius 1 is 1.17 bits per heavy atom. The van der Waals surface area contributed by atoms with E-state index in [4.69, 9.17) is 9.47 Å². The van der Waals surface area contributed by atoms with E-state index >= 15 is 0 Å². The van der Waals surface area contributed by atoms with E-state index in [1.807, 2.05) is 48.7 Å². The Kier molecular flexibility index (Phi) is 7.80. The van der Waals surface area contributed by atoms with E-state index in [-0.39, 0.29) is 16.9 Å². The first-order valence-corrected chi connectivity index (χ1v) is 12.6. The predicted molar refractivity (Wildman–Crippen MR) is 137 cm³/mol. The number of ether oxygens (including phenoxy) is 2. The van der Waals surface area contributed by atoms with E-state index in [0.717, 1.165) is 57.9 Å². The van der Waals surface area contributed by atoms with Gasteiger partial charge in [-0.1, -0.05) is 36.0 Å². The maximum absolute atomic E-state index is 13.6. The number of rotatable bonds is 9. The first kappa shape index (κ1) is 24.9. The fourth-order valence-corrected chi connectivity index (χ4v) is 5.69. The zero-order chi connectivity index (χ0) is 24.9. The molecule has 3 aromatic rings. The molecule has 0 bridgehead atoms. The maximum Gasteiger partial charge on any atom is 0.328 e. The number of fused-ring (bicyclic) bond motifs is 2. The van der Waals surface area contributed by atoms with E-state index in [1.165, 1.54) is 14.0 Å². The predicted octanol–water partition coefficient (Wildman–Crippen LogP) is 4.00. The van der Waals surface area contributed by atoms with Crippen molar-refractivity contribution in [1.29, 1.82) is 0 Å². The van der Waals surface area contributed by atoms with Crippen molar-refractivity contribution in [1.82, 2.24) is 10.3 Å². The number of para-hydroxylation sites is 1. The lowest BCUT2D eigenvalue weighted by molar-refractivity contribution is -0.145. The van der Waals surface area contributed by atoms with Crippen LogP contribution in [0.5, 0.6) is 5.75 Å². The number of hydrogen-bond donors (Lipinski definition) is 2. The van der Waals surface area contributed by atoms with Crippen LogP contribution in [0.4, 0.5) is 0 Å². The quantitative estimate of drug-likeness (QED) is 0.437.